The standard InChI is InChI=1S/C24H25F3N4O3/c1-15-5-3-8-18-20(15)21(22(28-18)23(33)34-2)29-19(32)14-30-9-11-31(12-10-30)17-7-4-6-16(13-17)24(25,26)27/h3-8,13,28H,9-12,14H2,1-2H3,(H,29,32). The van der Waals surface area contributed by atoms with Crippen molar-refractivity contribution in [1.82, 2.24) is 9.88 Å². The summed E-state index contributed by atoms with van der Waals surface area (Å²) >= 11 is 0. The third-order valence-electron chi connectivity index (χ3n) is 5.96. The molecule has 0 saturated carbocycles. The average Bonchev–Trinajstić information content (AvgIpc) is 3.18. The number of hydrogen-bond acceptors (Lipinski definition) is 5. The molecule has 1 fully saturated rings. The van der Waals surface area contributed by atoms with E-state index < -0.39 is 17.7 Å². The van der Waals surface area contributed by atoms with E-state index in [0.29, 0.717) is 43.1 Å². The SMILES string of the molecule is COC(=O)c1[nH]c2cccc(C)c2c1NC(=O)CN1CCN(c2cccc(C(F)(F)F)c2)CC1. The summed E-state index contributed by atoms with van der Waals surface area (Å²) in [6, 6.07) is 10.8. The van der Waals surface area contributed by atoms with Gasteiger partial charge in [0.2, 0.25) is 5.91 Å². The molecule has 10 heteroatoms. The third-order valence-corrected chi connectivity index (χ3v) is 5.96. The van der Waals surface area contributed by atoms with E-state index in [9.17, 15) is 22.8 Å². The Bertz CT molecular complexity index is 1210. The van der Waals surface area contributed by atoms with Crippen LogP contribution in [0.4, 0.5) is 24.5 Å². The van der Waals surface area contributed by atoms with Crippen LogP contribution in [0.15, 0.2) is 42.5 Å². The van der Waals surface area contributed by atoms with Crippen LogP contribution in [0.3, 0.4) is 0 Å². The highest BCUT2D eigenvalue weighted by Gasteiger charge is 2.31. The van der Waals surface area contributed by atoms with Crippen LogP contribution in [0.2, 0.25) is 0 Å². The molecule has 4 rings (SSSR count). The molecule has 1 aliphatic rings. The fourth-order valence-electron chi connectivity index (χ4n) is 4.23. The minimum atomic E-state index is -4.39. The molecule has 0 aliphatic carbocycles. The Kier molecular flexibility index (Phi) is 6.52. The maximum absolute atomic E-state index is 13.0. The Morgan fingerprint density at radius 1 is 1.09 bits per heavy atom. The van der Waals surface area contributed by atoms with Crippen LogP contribution in [0, 0.1) is 6.92 Å². The second-order valence-corrected chi connectivity index (χ2v) is 8.22. The predicted molar refractivity (Wildman–Crippen MR) is 123 cm³/mol. The van der Waals surface area contributed by atoms with Gasteiger partial charge < -0.3 is 19.9 Å². The molecule has 0 unspecified atom stereocenters. The number of carbonyl (C=O) groups excluding carboxylic acids is 2. The highest BCUT2D eigenvalue weighted by molar-refractivity contribution is 6.12. The van der Waals surface area contributed by atoms with Crippen LogP contribution in [0.25, 0.3) is 10.9 Å². The van der Waals surface area contributed by atoms with Crippen LogP contribution in [0.5, 0.6) is 0 Å². The van der Waals surface area contributed by atoms with Gasteiger partial charge in [0.05, 0.1) is 24.9 Å². The summed E-state index contributed by atoms with van der Waals surface area (Å²) in [7, 11) is 1.27. The first-order valence-electron chi connectivity index (χ1n) is 10.8. The lowest BCUT2D eigenvalue weighted by atomic mass is 10.1. The fraction of sp³-hybridized carbons (Fsp3) is 0.333. The summed E-state index contributed by atoms with van der Waals surface area (Å²) < 4.78 is 43.9. The number of ether oxygens (including phenoxy) is 1. The molecular weight excluding hydrogens is 449 g/mol. The highest BCUT2D eigenvalue weighted by atomic mass is 19.4. The number of alkyl halides is 3. The van der Waals surface area contributed by atoms with Gasteiger partial charge in [0.15, 0.2) is 0 Å². The van der Waals surface area contributed by atoms with Gasteiger partial charge >= 0.3 is 12.1 Å². The van der Waals surface area contributed by atoms with Crippen molar-refractivity contribution in [2.75, 3.05) is 50.1 Å². The van der Waals surface area contributed by atoms with Crippen molar-refractivity contribution >= 4 is 34.2 Å². The number of esters is 1. The maximum Gasteiger partial charge on any atom is 0.416 e. The van der Waals surface area contributed by atoms with Crippen LogP contribution >= 0.6 is 0 Å². The first-order valence-corrected chi connectivity index (χ1v) is 10.8. The number of piperazine rings is 1. The Balaban J connectivity index is 1.42. The number of anilines is 2. The lowest BCUT2D eigenvalue weighted by Gasteiger charge is -2.36. The number of nitrogens with one attached hydrogen (secondary N) is 2. The molecule has 2 heterocycles. The van der Waals surface area contributed by atoms with Gasteiger partial charge in [0.1, 0.15) is 5.69 Å². The quantitative estimate of drug-likeness (QED) is 0.546. The number of fused-ring (bicyclic) bond motifs is 1. The summed E-state index contributed by atoms with van der Waals surface area (Å²) in [6.07, 6.45) is -4.39. The van der Waals surface area contributed by atoms with Crippen molar-refractivity contribution in [1.29, 1.82) is 0 Å². The Morgan fingerprint density at radius 2 is 1.79 bits per heavy atom. The van der Waals surface area contributed by atoms with Gasteiger partial charge in [-0.15, -0.1) is 0 Å². The van der Waals surface area contributed by atoms with E-state index in [4.69, 9.17) is 4.74 Å². The van der Waals surface area contributed by atoms with Gasteiger partial charge in [0, 0.05) is 42.8 Å². The minimum absolute atomic E-state index is 0.0929. The number of amides is 1. The van der Waals surface area contributed by atoms with Crippen molar-refractivity contribution in [3.63, 3.8) is 0 Å². The zero-order chi connectivity index (χ0) is 24.5. The lowest BCUT2D eigenvalue weighted by molar-refractivity contribution is -0.137. The number of methoxy groups -OCH3 is 1. The van der Waals surface area contributed by atoms with Crippen LogP contribution in [-0.2, 0) is 15.7 Å². The lowest BCUT2D eigenvalue weighted by Crippen LogP contribution is -2.48. The first-order chi connectivity index (χ1) is 16.2. The highest BCUT2D eigenvalue weighted by Crippen LogP contribution is 2.32. The molecule has 3 aromatic rings. The monoisotopic (exact) mass is 474 g/mol. The number of aryl methyl sites for hydroxylation is 1. The summed E-state index contributed by atoms with van der Waals surface area (Å²) in [5, 5.41) is 3.59. The molecule has 0 bridgehead atoms. The van der Waals surface area contributed by atoms with Crippen molar-refractivity contribution in [2.45, 2.75) is 13.1 Å². The molecule has 2 aromatic carbocycles. The van der Waals surface area contributed by atoms with E-state index in [2.05, 4.69) is 10.3 Å². The second kappa shape index (κ2) is 9.38. The number of benzene rings is 2. The van der Waals surface area contributed by atoms with Crippen molar-refractivity contribution in [3.8, 4) is 0 Å². The average molecular weight is 474 g/mol. The Morgan fingerprint density at radius 3 is 2.47 bits per heavy atom. The summed E-state index contributed by atoms with van der Waals surface area (Å²) in [5.74, 6) is -0.873. The van der Waals surface area contributed by atoms with Gasteiger partial charge in [0.25, 0.3) is 0 Å². The Hall–Kier alpha value is -3.53. The molecule has 0 spiro atoms. The molecule has 2 N–H and O–H groups in total. The summed E-state index contributed by atoms with van der Waals surface area (Å²) in [6.45, 7) is 4.00. The molecule has 1 aliphatic heterocycles. The first kappa shape index (κ1) is 23.6. The zero-order valence-corrected chi connectivity index (χ0v) is 18.8. The number of rotatable bonds is 5. The largest absolute Gasteiger partial charge is 0.464 e. The Labute approximate surface area is 194 Å². The molecule has 0 atom stereocenters. The van der Waals surface area contributed by atoms with E-state index in [-0.39, 0.29) is 18.1 Å². The fourth-order valence-corrected chi connectivity index (χ4v) is 4.23. The number of carbonyl (C=O) groups is 2. The minimum Gasteiger partial charge on any atom is -0.464 e. The number of H-pyrrole nitrogens is 1. The summed E-state index contributed by atoms with van der Waals surface area (Å²) in [4.78, 5) is 31.9. The van der Waals surface area contributed by atoms with Crippen molar-refractivity contribution in [3.05, 3.63) is 59.3 Å². The molecule has 1 aromatic heterocycles. The van der Waals surface area contributed by atoms with Crippen molar-refractivity contribution < 1.29 is 27.5 Å². The normalized spacial score (nSPS) is 14.9. The molecule has 1 saturated heterocycles. The number of nitrogens with zero attached hydrogens (tertiary/aromatic N) is 2. The molecule has 0 radical (unpaired) electrons. The van der Waals surface area contributed by atoms with Crippen molar-refractivity contribution in [2.24, 2.45) is 0 Å². The number of halogens is 3. The van der Waals surface area contributed by atoms with E-state index in [0.717, 1.165) is 23.1 Å². The summed E-state index contributed by atoms with van der Waals surface area (Å²) in [5.41, 5.74) is 2.00. The maximum atomic E-state index is 13.0. The smallest absolute Gasteiger partial charge is 0.416 e. The molecular formula is C24H25F3N4O3. The van der Waals surface area contributed by atoms with Crippen LogP contribution in [0.1, 0.15) is 21.6 Å². The third kappa shape index (κ3) is 4.86. The van der Waals surface area contributed by atoms with E-state index >= 15 is 0 Å². The number of aromatic amines is 1. The van der Waals surface area contributed by atoms with E-state index in [1.807, 2.05) is 34.9 Å². The second-order valence-electron chi connectivity index (χ2n) is 8.22. The van der Waals surface area contributed by atoms with Gasteiger partial charge in [-0.25, -0.2) is 4.79 Å². The van der Waals surface area contributed by atoms with Crippen LogP contribution < -0.4 is 10.2 Å². The van der Waals surface area contributed by atoms with Crippen LogP contribution in [-0.4, -0.2) is 61.6 Å². The molecule has 1 amide bonds. The van der Waals surface area contributed by atoms with Gasteiger partial charge in [-0.3, -0.25) is 9.69 Å². The number of hydrogen-bond donors (Lipinski definition) is 2. The van der Waals surface area contributed by atoms with Gasteiger partial charge in [-0.1, -0.05) is 18.2 Å². The predicted octanol–water partition coefficient (Wildman–Crippen LogP) is 4.04. The topological polar surface area (TPSA) is 77.7 Å². The van der Waals surface area contributed by atoms with Gasteiger partial charge in [-0.2, -0.15) is 13.2 Å². The molecule has 180 valence electrons. The molecule has 34 heavy (non-hydrogen) atoms. The van der Waals surface area contributed by atoms with Gasteiger partial charge in [-0.05, 0) is 36.8 Å². The number of aromatic nitrogens is 1. The van der Waals surface area contributed by atoms with E-state index in [1.165, 1.54) is 13.2 Å². The van der Waals surface area contributed by atoms with E-state index in [1.54, 1.807) is 6.07 Å². The zero-order valence-electron chi connectivity index (χ0n) is 18.8. The molecule has 7 nitrogen and oxygen atoms in total.